The molecule has 0 fully saturated rings. The highest BCUT2D eigenvalue weighted by Gasteiger charge is 2.18. The number of azo groups is 1. The zero-order valence-electron chi connectivity index (χ0n) is 17.4. The first-order valence-electron chi connectivity index (χ1n) is 9.80. The van der Waals surface area contributed by atoms with Crippen LogP contribution in [0.1, 0.15) is 15.9 Å². The Kier molecular flexibility index (Phi) is 6.26. The molecule has 4 rings (SSSR count). The Morgan fingerprint density at radius 1 is 0.939 bits per heavy atom. The van der Waals surface area contributed by atoms with Crippen LogP contribution in [-0.4, -0.2) is 19.4 Å². The van der Waals surface area contributed by atoms with E-state index in [0.717, 1.165) is 10.0 Å². The normalized spacial score (nSPS) is 11.7. The van der Waals surface area contributed by atoms with Gasteiger partial charge in [-0.15, -0.1) is 10.2 Å². The van der Waals surface area contributed by atoms with Crippen LogP contribution < -0.4 is 4.72 Å². The van der Waals surface area contributed by atoms with Gasteiger partial charge in [-0.2, -0.15) is 0 Å². The van der Waals surface area contributed by atoms with Gasteiger partial charge in [-0.1, -0.05) is 57.9 Å². The van der Waals surface area contributed by atoms with E-state index in [1.165, 1.54) is 18.2 Å². The first kappa shape index (κ1) is 22.6. The maximum absolute atomic E-state index is 12.9. The molecule has 0 heterocycles. The number of aromatic hydroxyl groups is 1. The molecule has 0 aromatic heterocycles. The van der Waals surface area contributed by atoms with Crippen LogP contribution in [0.4, 0.5) is 11.4 Å². The fourth-order valence-corrected chi connectivity index (χ4v) is 4.51. The molecule has 9 heteroatoms. The maximum Gasteiger partial charge on any atom is 0.295 e. The molecule has 0 aliphatic rings. The van der Waals surface area contributed by atoms with E-state index in [2.05, 4.69) is 30.9 Å². The van der Waals surface area contributed by atoms with E-state index in [9.17, 15) is 18.3 Å². The number of nitrogens with one attached hydrogen (secondary N) is 1. The second-order valence-electron chi connectivity index (χ2n) is 7.27. The molecule has 33 heavy (non-hydrogen) atoms. The fraction of sp³-hybridized carbons (Fsp3) is 0.0417. The lowest BCUT2D eigenvalue weighted by Gasteiger charge is -2.13. The molecule has 0 aliphatic heterocycles. The molecule has 0 spiro atoms. The van der Waals surface area contributed by atoms with Crippen molar-refractivity contribution in [3.05, 3.63) is 94.5 Å². The number of benzene rings is 4. The predicted octanol–water partition coefficient (Wildman–Crippen LogP) is 6.34. The number of anilines is 1. The first-order chi connectivity index (χ1) is 15.7. The highest BCUT2D eigenvalue weighted by molar-refractivity contribution is 9.10. The quantitative estimate of drug-likeness (QED) is 0.235. The first-order valence-corrected chi connectivity index (χ1v) is 12.1. The molecule has 0 aliphatic carbocycles. The summed E-state index contributed by atoms with van der Waals surface area (Å²) >= 11 is 3.30. The number of phenols is 1. The van der Waals surface area contributed by atoms with Gasteiger partial charge in [0, 0.05) is 20.8 Å². The molecule has 0 bridgehead atoms. The number of phenolic OH excluding ortho intramolecular Hbond substituents is 1. The van der Waals surface area contributed by atoms with Crippen molar-refractivity contribution < 1.29 is 18.3 Å². The standard InChI is InChI=1S/C24H18BrN3O4S/c1-15-6-12-18(13-7-15)33(31,32)28-21-14-22(23(29)20-5-3-2-4-19(20)21)26-27-24(30)16-8-10-17(25)11-9-16/h2-14,28-29H,1H3. The number of sulfonamides is 1. The highest BCUT2D eigenvalue weighted by Crippen LogP contribution is 2.40. The molecule has 0 saturated heterocycles. The van der Waals surface area contributed by atoms with Crippen LogP contribution in [0, 0.1) is 6.92 Å². The molecule has 0 unspecified atom stereocenters. The van der Waals surface area contributed by atoms with Gasteiger partial charge in [-0.25, -0.2) is 8.42 Å². The van der Waals surface area contributed by atoms with E-state index < -0.39 is 15.9 Å². The Morgan fingerprint density at radius 3 is 2.24 bits per heavy atom. The summed E-state index contributed by atoms with van der Waals surface area (Å²) in [4.78, 5) is 12.5. The number of halogens is 1. The molecule has 7 nitrogen and oxygen atoms in total. The molecular formula is C24H18BrN3O4S. The SMILES string of the molecule is Cc1ccc(S(=O)(=O)Nc2cc(N=NC(=O)c3ccc(Br)cc3)c(O)c3ccccc23)cc1. The Morgan fingerprint density at radius 2 is 1.58 bits per heavy atom. The van der Waals surface area contributed by atoms with Crippen LogP contribution >= 0.6 is 15.9 Å². The molecule has 0 radical (unpaired) electrons. The van der Waals surface area contributed by atoms with E-state index in [0.29, 0.717) is 16.3 Å². The zero-order valence-corrected chi connectivity index (χ0v) is 19.8. The zero-order chi connectivity index (χ0) is 23.6. The number of carbonyl (C=O) groups is 1. The minimum atomic E-state index is -3.90. The number of hydrogen-bond donors (Lipinski definition) is 2. The average Bonchev–Trinajstić information content (AvgIpc) is 2.80. The summed E-state index contributed by atoms with van der Waals surface area (Å²) in [5, 5.41) is 19.1. The van der Waals surface area contributed by atoms with Gasteiger partial charge in [-0.05, 0) is 49.4 Å². The second-order valence-corrected chi connectivity index (χ2v) is 9.87. The summed E-state index contributed by atoms with van der Waals surface area (Å²) in [7, 11) is -3.90. The molecule has 1 amide bonds. The van der Waals surface area contributed by atoms with Gasteiger partial charge in [-0.3, -0.25) is 9.52 Å². The third-order valence-electron chi connectivity index (χ3n) is 4.91. The van der Waals surface area contributed by atoms with E-state index >= 15 is 0 Å². The van der Waals surface area contributed by atoms with Crippen molar-refractivity contribution >= 4 is 54.0 Å². The van der Waals surface area contributed by atoms with Gasteiger partial charge < -0.3 is 5.11 Å². The number of hydrogen-bond acceptors (Lipinski definition) is 5. The summed E-state index contributed by atoms with van der Waals surface area (Å²) in [6.07, 6.45) is 0. The van der Waals surface area contributed by atoms with E-state index in [4.69, 9.17) is 0 Å². The topological polar surface area (TPSA) is 108 Å². The van der Waals surface area contributed by atoms with Crippen LogP contribution in [0.5, 0.6) is 5.75 Å². The summed E-state index contributed by atoms with van der Waals surface area (Å²) in [5.74, 6) is -0.812. The van der Waals surface area contributed by atoms with Crippen LogP contribution in [0.3, 0.4) is 0 Å². The van der Waals surface area contributed by atoms with Crippen molar-refractivity contribution in [2.75, 3.05) is 4.72 Å². The smallest absolute Gasteiger partial charge is 0.295 e. The van der Waals surface area contributed by atoms with Gasteiger partial charge in [0.2, 0.25) is 0 Å². The lowest BCUT2D eigenvalue weighted by molar-refractivity contribution is 0.0995. The van der Waals surface area contributed by atoms with Crippen LogP contribution in [-0.2, 0) is 10.0 Å². The van der Waals surface area contributed by atoms with Crippen molar-refractivity contribution in [2.45, 2.75) is 11.8 Å². The lowest BCUT2D eigenvalue weighted by atomic mass is 10.1. The number of fused-ring (bicyclic) bond motifs is 1. The molecule has 166 valence electrons. The number of nitrogens with zero attached hydrogens (tertiary/aromatic N) is 2. The summed E-state index contributed by atoms with van der Waals surface area (Å²) in [5.41, 5.74) is 1.42. The van der Waals surface area contributed by atoms with E-state index in [1.807, 2.05) is 6.92 Å². The Hall–Kier alpha value is -3.56. The predicted molar refractivity (Wildman–Crippen MR) is 131 cm³/mol. The van der Waals surface area contributed by atoms with Crippen molar-refractivity contribution in [3.63, 3.8) is 0 Å². The monoisotopic (exact) mass is 523 g/mol. The number of aryl methyl sites for hydroxylation is 1. The Balaban J connectivity index is 1.74. The molecular weight excluding hydrogens is 506 g/mol. The van der Waals surface area contributed by atoms with Crippen molar-refractivity contribution in [1.82, 2.24) is 0 Å². The molecule has 0 atom stereocenters. The largest absolute Gasteiger partial charge is 0.505 e. The minimum Gasteiger partial charge on any atom is -0.505 e. The van der Waals surface area contributed by atoms with E-state index in [1.54, 1.807) is 60.7 Å². The molecule has 4 aromatic rings. The average molecular weight is 524 g/mol. The second kappa shape index (κ2) is 9.13. The minimum absolute atomic E-state index is 0.0410. The fourth-order valence-electron chi connectivity index (χ4n) is 3.18. The van der Waals surface area contributed by atoms with Gasteiger partial charge in [0.1, 0.15) is 5.69 Å². The Bertz CT molecular complexity index is 1480. The van der Waals surface area contributed by atoms with Crippen LogP contribution in [0.25, 0.3) is 10.8 Å². The number of carbonyl (C=O) groups excluding carboxylic acids is 1. The van der Waals surface area contributed by atoms with Crippen LogP contribution in [0.2, 0.25) is 0 Å². The van der Waals surface area contributed by atoms with Crippen molar-refractivity contribution in [2.24, 2.45) is 10.2 Å². The summed E-state index contributed by atoms with van der Waals surface area (Å²) < 4.78 is 29.3. The highest BCUT2D eigenvalue weighted by atomic mass is 79.9. The lowest BCUT2D eigenvalue weighted by Crippen LogP contribution is -2.13. The van der Waals surface area contributed by atoms with Gasteiger partial charge in [0.15, 0.2) is 5.75 Å². The van der Waals surface area contributed by atoms with Gasteiger partial charge in [0.05, 0.1) is 10.6 Å². The van der Waals surface area contributed by atoms with Crippen LogP contribution in [0.15, 0.2) is 98.5 Å². The third-order valence-corrected chi connectivity index (χ3v) is 6.82. The molecule has 2 N–H and O–H groups in total. The summed E-state index contributed by atoms with van der Waals surface area (Å²) in [6.45, 7) is 1.87. The molecule has 4 aromatic carbocycles. The number of rotatable bonds is 5. The van der Waals surface area contributed by atoms with Gasteiger partial charge in [0.25, 0.3) is 15.9 Å². The van der Waals surface area contributed by atoms with Gasteiger partial charge >= 0.3 is 0 Å². The molecule has 0 saturated carbocycles. The van der Waals surface area contributed by atoms with Crippen molar-refractivity contribution in [3.8, 4) is 5.75 Å². The van der Waals surface area contributed by atoms with E-state index in [-0.39, 0.29) is 22.0 Å². The summed E-state index contributed by atoms with van der Waals surface area (Å²) in [6, 6.07) is 21.1. The Labute approximate surface area is 199 Å². The van der Waals surface area contributed by atoms with Crippen molar-refractivity contribution in [1.29, 1.82) is 0 Å². The third kappa shape index (κ3) is 4.94. The maximum atomic E-state index is 12.9. The number of amides is 1.